The van der Waals surface area contributed by atoms with Gasteiger partial charge in [0.05, 0.1) is 4.90 Å². The molecule has 0 aromatic heterocycles. The molecule has 0 radical (unpaired) electrons. The second kappa shape index (κ2) is 8.52. The Morgan fingerprint density at radius 3 is 2.26 bits per heavy atom. The third kappa shape index (κ3) is 3.86. The number of hydrogen-bond donors (Lipinski definition) is 1. The molecule has 0 saturated carbocycles. The molecule has 2 aliphatic heterocycles. The molecule has 3 aliphatic rings. The predicted octanol–water partition coefficient (Wildman–Crippen LogP) is 0.999. The minimum atomic E-state index is -3.63. The molecular formula is C24H26N4O5S. The lowest BCUT2D eigenvalue weighted by Crippen LogP contribution is -2.54. The first kappa shape index (κ1) is 22.5. The molecule has 1 atom stereocenters. The van der Waals surface area contributed by atoms with Crippen molar-refractivity contribution in [3.63, 3.8) is 0 Å². The number of nitrogens with zero attached hydrogens (tertiary/aromatic N) is 3. The molecule has 9 nitrogen and oxygen atoms in total. The molecule has 10 heteroatoms. The van der Waals surface area contributed by atoms with Gasteiger partial charge in [0.2, 0.25) is 15.9 Å². The molecule has 34 heavy (non-hydrogen) atoms. The van der Waals surface area contributed by atoms with Gasteiger partial charge in [-0.15, -0.1) is 0 Å². The van der Waals surface area contributed by atoms with Gasteiger partial charge in [0.1, 0.15) is 12.1 Å². The number of urea groups is 1. The first-order valence-electron chi connectivity index (χ1n) is 11.3. The number of aryl methyl sites for hydroxylation is 1. The van der Waals surface area contributed by atoms with E-state index in [0.717, 1.165) is 10.5 Å². The molecule has 1 aliphatic carbocycles. The van der Waals surface area contributed by atoms with E-state index in [-0.39, 0.29) is 49.4 Å². The zero-order chi connectivity index (χ0) is 23.9. The van der Waals surface area contributed by atoms with Gasteiger partial charge in [-0.3, -0.25) is 14.5 Å². The number of imide groups is 1. The Morgan fingerprint density at radius 1 is 0.912 bits per heavy atom. The summed E-state index contributed by atoms with van der Waals surface area (Å²) < 4.78 is 27.0. The molecule has 2 heterocycles. The Kier molecular flexibility index (Phi) is 5.65. The van der Waals surface area contributed by atoms with Crippen molar-refractivity contribution in [2.24, 2.45) is 0 Å². The smallest absolute Gasteiger partial charge is 0.325 e. The molecule has 2 aromatic carbocycles. The van der Waals surface area contributed by atoms with Gasteiger partial charge in [-0.2, -0.15) is 4.31 Å². The molecule has 2 saturated heterocycles. The number of benzene rings is 2. The monoisotopic (exact) mass is 482 g/mol. The molecule has 0 bridgehead atoms. The Labute approximate surface area is 198 Å². The van der Waals surface area contributed by atoms with Crippen molar-refractivity contribution in [2.75, 3.05) is 32.7 Å². The minimum Gasteiger partial charge on any atom is -0.338 e. The lowest BCUT2D eigenvalue weighted by Gasteiger charge is -2.35. The number of rotatable bonds is 4. The summed E-state index contributed by atoms with van der Waals surface area (Å²) in [5, 5.41) is 2.84. The summed E-state index contributed by atoms with van der Waals surface area (Å²) in [5.41, 5.74) is 1.20. The van der Waals surface area contributed by atoms with Gasteiger partial charge in [-0.25, -0.2) is 13.2 Å². The standard InChI is InChI=1S/C24H26N4O5S/c29-21(26-12-14-27(15-13-26)34(32,33)20-8-2-1-3-9-20)17-28-22(30)24(25-23(28)31)11-10-18-6-4-5-7-19(18)16-24/h1-9H,10-17H2,(H,25,31). The fraction of sp³-hybridized carbons (Fsp3) is 0.375. The van der Waals surface area contributed by atoms with Crippen LogP contribution < -0.4 is 5.32 Å². The maximum absolute atomic E-state index is 13.2. The van der Waals surface area contributed by atoms with E-state index in [0.29, 0.717) is 19.3 Å². The van der Waals surface area contributed by atoms with Gasteiger partial charge >= 0.3 is 6.03 Å². The van der Waals surface area contributed by atoms with Crippen molar-refractivity contribution in [3.05, 3.63) is 65.7 Å². The van der Waals surface area contributed by atoms with E-state index in [1.807, 2.05) is 24.3 Å². The highest BCUT2D eigenvalue weighted by Crippen LogP contribution is 2.33. The SMILES string of the molecule is O=C(CN1C(=O)NC2(CCc3ccccc3C2)C1=O)N1CCN(S(=O)(=O)c2ccccc2)CC1. The zero-order valence-electron chi connectivity index (χ0n) is 18.6. The van der Waals surface area contributed by atoms with Crippen molar-refractivity contribution in [1.29, 1.82) is 0 Å². The summed E-state index contributed by atoms with van der Waals surface area (Å²) in [6, 6.07) is 15.5. The van der Waals surface area contributed by atoms with Crippen LogP contribution in [0.25, 0.3) is 0 Å². The van der Waals surface area contributed by atoms with E-state index in [1.54, 1.807) is 30.3 Å². The second-order valence-corrected chi connectivity index (χ2v) is 10.9. The van der Waals surface area contributed by atoms with Gasteiger partial charge in [0, 0.05) is 32.6 Å². The molecule has 5 rings (SSSR count). The van der Waals surface area contributed by atoms with Crippen LogP contribution in [0.3, 0.4) is 0 Å². The summed E-state index contributed by atoms with van der Waals surface area (Å²) in [7, 11) is -3.63. The average Bonchev–Trinajstić information content (AvgIpc) is 3.08. The van der Waals surface area contributed by atoms with Crippen LogP contribution in [-0.4, -0.2) is 78.6 Å². The Hall–Kier alpha value is -3.24. The van der Waals surface area contributed by atoms with E-state index in [2.05, 4.69) is 5.32 Å². The minimum absolute atomic E-state index is 0.157. The van der Waals surface area contributed by atoms with E-state index in [4.69, 9.17) is 0 Å². The number of fused-ring (bicyclic) bond motifs is 1. The van der Waals surface area contributed by atoms with Gasteiger partial charge in [0.25, 0.3) is 5.91 Å². The highest BCUT2D eigenvalue weighted by molar-refractivity contribution is 7.89. The van der Waals surface area contributed by atoms with E-state index in [9.17, 15) is 22.8 Å². The summed E-state index contributed by atoms with van der Waals surface area (Å²) in [6.07, 6.45) is 1.59. The molecule has 1 N–H and O–H groups in total. The number of carbonyl (C=O) groups is 3. The molecule has 4 amide bonds. The number of piperazine rings is 1. The lowest BCUT2D eigenvalue weighted by atomic mass is 9.78. The predicted molar refractivity (Wildman–Crippen MR) is 123 cm³/mol. The van der Waals surface area contributed by atoms with E-state index in [1.165, 1.54) is 14.8 Å². The lowest BCUT2D eigenvalue weighted by molar-refractivity contribution is -0.139. The number of carbonyl (C=O) groups excluding carboxylic acids is 3. The van der Waals surface area contributed by atoms with Crippen LogP contribution in [0.4, 0.5) is 4.79 Å². The molecule has 1 spiro atoms. The fourth-order valence-corrected chi connectivity index (χ4v) is 6.44. The third-order valence-electron chi connectivity index (χ3n) is 6.94. The normalized spacial score (nSPS) is 23.2. The van der Waals surface area contributed by atoms with Crippen LogP contribution >= 0.6 is 0 Å². The summed E-state index contributed by atoms with van der Waals surface area (Å²) in [6.45, 7) is 0.368. The van der Waals surface area contributed by atoms with Crippen LogP contribution in [0.15, 0.2) is 59.5 Å². The maximum atomic E-state index is 13.2. The number of nitrogens with one attached hydrogen (secondary N) is 1. The van der Waals surface area contributed by atoms with Crippen LogP contribution in [0.2, 0.25) is 0 Å². The van der Waals surface area contributed by atoms with Gasteiger partial charge in [-0.1, -0.05) is 42.5 Å². The first-order valence-corrected chi connectivity index (χ1v) is 12.8. The highest BCUT2D eigenvalue weighted by atomic mass is 32.2. The van der Waals surface area contributed by atoms with Crippen LogP contribution in [0.1, 0.15) is 17.5 Å². The Balaban J connectivity index is 1.22. The van der Waals surface area contributed by atoms with Gasteiger partial charge < -0.3 is 10.2 Å². The van der Waals surface area contributed by atoms with Crippen LogP contribution in [0.5, 0.6) is 0 Å². The average molecular weight is 483 g/mol. The summed E-state index contributed by atoms with van der Waals surface area (Å²) >= 11 is 0. The van der Waals surface area contributed by atoms with Crippen LogP contribution in [0, 0.1) is 0 Å². The Bertz CT molecular complexity index is 1240. The number of amides is 4. The molecule has 2 fully saturated rings. The number of hydrogen-bond acceptors (Lipinski definition) is 5. The van der Waals surface area contributed by atoms with Crippen molar-refractivity contribution < 1.29 is 22.8 Å². The quantitative estimate of drug-likeness (QED) is 0.655. The first-order chi connectivity index (χ1) is 16.3. The molecule has 178 valence electrons. The summed E-state index contributed by atoms with van der Waals surface area (Å²) in [4.78, 5) is 41.6. The fourth-order valence-electron chi connectivity index (χ4n) is 5.00. The highest BCUT2D eigenvalue weighted by Gasteiger charge is 2.52. The van der Waals surface area contributed by atoms with Crippen molar-refractivity contribution in [1.82, 2.24) is 19.4 Å². The zero-order valence-corrected chi connectivity index (χ0v) is 19.5. The topological polar surface area (TPSA) is 107 Å². The maximum Gasteiger partial charge on any atom is 0.325 e. The van der Waals surface area contributed by atoms with E-state index >= 15 is 0 Å². The van der Waals surface area contributed by atoms with Gasteiger partial charge in [0.15, 0.2) is 0 Å². The van der Waals surface area contributed by atoms with Gasteiger partial charge in [-0.05, 0) is 36.1 Å². The molecule has 2 aromatic rings. The van der Waals surface area contributed by atoms with Crippen LogP contribution in [-0.2, 0) is 32.5 Å². The summed E-state index contributed by atoms with van der Waals surface area (Å²) in [5.74, 6) is -0.737. The van der Waals surface area contributed by atoms with Crippen molar-refractivity contribution >= 4 is 27.9 Å². The molecular weight excluding hydrogens is 456 g/mol. The van der Waals surface area contributed by atoms with E-state index < -0.39 is 21.6 Å². The largest absolute Gasteiger partial charge is 0.338 e. The molecule has 1 unspecified atom stereocenters. The third-order valence-corrected chi connectivity index (χ3v) is 8.86. The number of sulfonamides is 1. The second-order valence-electron chi connectivity index (χ2n) is 8.95. The van der Waals surface area contributed by atoms with Crippen molar-refractivity contribution in [3.8, 4) is 0 Å². The van der Waals surface area contributed by atoms with Crippen molar-refractivity contribution in [2.45, 2.75) is 29.7 Å². The Morgan fingerprint density at radius 2 is 1.56 bits per heavy atom.